The van der Waals surface area contributed by atoms with E-state index >= 15 is 0 Å². The second kappa shape index (κ2) is 21.4. The first kappa shape index (κ1) is 35.5. The molecule has 0 aromatic heterocycles. The van der Waals surface area contributed by atoms with Crippen molar-refractivity contribution in [2.24, 2.45) is 0 Å². The van der Waals surface area contributed by atoms with Gasteiger partial charge in [-0.15, -0.1) is 0 Å². The second-order valence-electron chi connectivity index (χ2n) is 8.96. The number of ether oxygens (including phenoxy) is 2. The molecule has 2 N–H and O–H groups in total. The molecule has 35 heavy (non-hydrogen) atoms. The van der Waals surface area contributed by atoms with Crippen molar-refractivity contribution in [3.63, 3.8) is 0 Å². The molecule has 1 aliphatic heterocycles. The zero-order chi connectivity index (χ0) is 25.2. The number of phosphoric acid groups is 1. The number of esters is 1. The third kappa shape index (κ3) is 18.4. The summed E-state index contributed by atoms with van der Waals surface area (Å²) >= 11 is 0. The van der Waals surface area contributed by atoms with Gasteiger partial charge in [0, 0.05) is 6.42 Å². The molecule has 0 aromatic carbocycles. The van der Waals surface area contributed by atoms with Crippen LogP contribution in [0.25, 0.3) is 0 Å². The van der Waals surface area contributed by atoms with Gasteiger partial charge in [-0.25, -0.2) is 0 Å². The van der Waals surface area contributed by atoms with Gasteiger partial charge in [0.1, 0.15) is 31.0 Å². The minimum Gasteiger partial charge on any atom is -0.790 e. The van der Waals surface area contributed by atoms with Gasteiger partial charge in [-0.2, -0.15) is 0 Å². The average Bonchev–Trinajstić information content (AvgIpc) is 3.13. The number of rotatable bonds is 20. The molecule has 1 fully saturated rings. The molecule has 0 aromatic rings. The van der Waals surface area contributed by atoms with Gasteiger partial charge in [-0.05, 0) is 32.1 Å². The number of hydrogen-bond acceptors (Lipinski definition) is 9. The Morgan fingerprint density at radius 3 is 2.14 bits per heavy atom. The maximum atomic E-state index is 11.8. The number of carbonyl (C=O) groups is 1. The number of allylic oxidation sites excluding steroid dienone is 2. The molecule has 0 amide bonds. The molecule has 11 heteroatoms. The van der Waals surface area contributed by atoms with Crippen LogP contribution in [0.15, 0.2) is 12.2 Å². The van der Waals surface area contributed by atoms with Crippen LogP contribution in [0.2, 0.25) is 0 Å². The van der Waals surface area contributed by atoms with E-state index in [4.69, 9.17) is 9.47 Å². The van der Waals surface area contributed by atoms with Crippen molar-refractivity contribution in [3.05, 3.63) is 12.2 Å². The zero-order valence-electron chi connectivity index (χ0n) is 21.2. The maximum absolute atomic E-state index is 11.8. The summed E-state index contributed by atoms with van der Waals surface area (Å²) in [5.74, 6) is -0.458. The van der Waals surface area contributed by atoms with Crippen molar-refractivity contribution in [1.29, 1.82) is 0 Å². The fourth-order valence-electron chi connectivity index (χ4n) is 3.90. The third-order valence-electron chi connectivity index (χ3n) is 5.87. The van der Waals surface area contributed by atoms with Crippen molar-refractivity contribution >= 4 is 51.5 Å². The van der Waals surface area contributed by atoms with Crippen LogP contribution in [0.1, 0.15) is 96.8 Å². The Hall–Kier alpha value is 0.460. The summed E-state index contributed by atoms with van der Waals surface area (Å²) in [4.78, 5) is 33.1. The van der Waals surface area contributed by atoms with Gasteiger partial charge in [0.2, 0.25) is 0 Å². The number of hydrogen-bond donors (Lipinski definition) is 2. The number of aliphatic hydroxyl groups is 2. The van der Waals surface area contributed by atoms with Crippen LogP contribution in [0.5, 0.6) is 0 Å². The standard InChI is InChI=1S/C24H45O9P.Ca/c1-2-3-4-5-6-7-8-9-10-11-12-13-14-15-16-17-22(26)31-18-20(25)24-23(27)21(19-32-24)33-34(28,29)30;/h9-10,20-21,23-25,27H,2-8,11-19H2,1H3,(H2,28,29,30);/q;+2/p-2/b10-9-;/t20-,21+,23-,24-;/m1./s1. The van der Waals surface area contributed by atoms with Gasteiger partial charge in [0.25, 0.3) is 0 Å². The van der Waals surface area contributed by atoms with Crippen molar-refractivity contribution in [1.82, 2.24) is 0 Å². The molecule has 4 atom stereocenters. The molecular weight excluding hydrogens is 503 g/mol. The largest absolute Gasteiger partial charge is 2.00 e. The molecule has 0 bridgehead atoms. The number of phosphoric ester groups is 1. The van der Waals surface area contributed by atoms with Crippen molar-refractivity contribution < 1.29 is 43.4 Å². The van der Waals surface area contributed by atoms with Crippen molar-refractivity contribution in [3.8, 4) is 0 Å². The van der Waals surface area contributed by atoms with E-state index in [1.54, 1.807) is 0 Å². The first-order valence-corrected chi connectivity index (χ1v) is 14.2. The van der Waals surface area contributed by atoms with E-state index in [9.17, 15) is 29.4 Å². The predicted molar refractivity (Wildman–Crippen MR) is 130 cm³/mol. The van der Waals surface area contributed by atoms with Crippen LogP contribution in [0.3, 0.4) is 0 Å². The van der Waals surface area contributed by atoms with Crippen molar-refractivity contribution in [2.75, 3.05) is 13.2 Å². The minimum atomic E-state index is -5.29. The van der Waals surface area contributed by atoms with Gasteiger partial charge in [-0.1, -0.05) is 70.4 Å². The quantitative estimate of drug-likeness (QED) is 0.0772. The summed E-state index contributed by atoms with van der Waals surface area (Å²) in [6.45, 7) is 1.47. The molecule has 1 saturated heterocycles. The Labute approximate surface area is 240 Å². The molecule has 0 unspecified atom stereocenters. The number of aliphatic hydroxyl groups excluding tert-OH is 2. The van der Waals surface area contributed by atoms with E-state index in [1.807, 2.05) is 0 Å². The fraction of sp³-hybridized carbons (Fsp3) is 0.875. The molecule has 0 saturated carbocycles. The SMILES string of the molecule is CCCCCCCC/C=C\CCCCCCCC(=O)OC[C@@H](O)[C@H]1OC[C@H](OP(=O)([O-])[O-])[C@H]1O.[Ca+2]. The monoisotopic (exact) mass is 546 g/mol. The first-order chi connectivity index (χ1) is 16.2. The molecule has 0 spiro atoms. The van der Waals surface area contributed by atoms with Gasteiger partial charge < -0.3 is 38.6 Å². The fourth-order valence-corrected chi connectivity index (χ4v) is 4.41. The average molecular weight is 547 g/mol. The van der Waals surface area contributed by atoms with E-state index in [2.05, 4.69) is 23.6 Å². The van der Waals surface area contributed by atoms with Gasteiger partial charge >= 0.3 is 43.7 Å². The molecule has 1 aliphatic rings. The van der Waals surface area contributed by atoms with E-state index in [1.165, 1.54) is 44.9 Å². The predicted octanol–water partition coefficient (Wildman–Crippen LogP) is 2.52. The molecule has 1 heterocycles. The Bertz CT molecular complexity index is 614. The van der Waals surface area contributed by atoms with E-state index < -0.39 is 44.8 Å². The molecule has 1 rings (SSSR count). The Morgan fingerprint density at radius 1 is 1.03 bits per heavy atom. The summed E-state index contributed by atoms with van der Waals surface area (Å²) in [6.07, 6.45) is 14.5. The normalized spacial score (nSPS) is 21.2. The number of carbonyl (C=O) groups excluding carboxylic acids is 1. The summed E-state index contributed by atoms with van der Waals surface area (Å²) in [7, 11) is -5.29. The van der Waals surface area contributed by atoms with Crippen LogP contribution in [0, 0.1) is 0 Å². The van der Waals surface area contributed by atoms with Gasteiger partial charge in [0.15, 0.2) is 0 Å². The Kier molecular flexibility index (Phi) is 21.7. The molecule has 0 radical (unpaired) electrons. The summed E-state index contributed by atoms with van der Waals surface area (Å²) in [6, 6.07) is 0. The Balaban J connectivity index is 0.0000116. The van der Waals surface area contributed by atoms with E-state index in [-0.39, 0.29) is 50.8 Å². The molecule has 0 aliphatic carbocycles. The minimum absolute atomic E-state index is 0. The summed E-state index contributed by atoms with van der Waals surface area (Å²) in [5, 5.41) is 20.0. The van der Waals surface area contributed by atoms with Gasteiger partial charge in [-0.3, -0.25) is 4.79 Å². The first-order valence-electron chi connectivity index (χ1n) is 12.7. The molecular formula is C24H43CaO9P. The van der Waals surface area contributed by atoms with Crippen LogP contribution < -0.4 is 9.79 Å². The number of unbranched alkanes of at least 4 members (excludes halogenated alkanes) is 11. The Morgan fingerprint density at radius 2 is 1.57 bits per heavy atom. The maximum Gasteiger partial charge on any atom is 2.00 e. The van der Waals surface area contributed by atoms with E-state index in [0.29, 0.717) is 6.42 Å². The van der Waals surface area contributed by atoms with E-state index in [0.717, 1.165) is 32.1 Å². The summed E-state index contributed by atoms with van der Waals surface area (Å²) < 4.78 is 25.0. The second-order valence-corrected chi connectivity index (χ2v) is 10.1. The van der Waals surface area contributed by atoms with Crippen LogP contribution in [-0.2, 0) is 23.4 Å². The van der Waals surface area contributed by atoms with Crippen molar-refractivity contribution in [2.45, 2.75) is 121 Å². The van der Waals surface area contributed by atoms with Crippen LogP contribution in [0.4, 0.5) is 0 Å². The molecule has 9 nitrogen and oxygen atoms in total. The smallest absolute Gasteiger partial charge is 0.790 e. The summed E-state index contributed by atoms with van der Waals surface area (Å²) in [5.41, 5.74) is 0. The van der Waals surface area contributed by atoms with Crippen LogP contribution in [-0.4, -0.2) is 91.6 Å². The topological polar surface area (TPSA) is 148 Å². The van der Waals surface area contributed by atoms with Gasteiger partial charge in [0.05, 0.1) is 14.4 Å². The molecule has 200 valence electrons. The third-order valence-corrected chi connectivity index (χ3v) is 6.40. The van der Waals surface area contributed by atoms with Crippen LogP contribution >= 0.6 is 7.82 Å². The zero-order valence-corrected chi connectivity index (χ0v) is 24.3.